The van der Waals surface area contributed by atoms with E-state index < -0.39 is 30.3 Å². The van der Waals surface area contributed by atoms with Crippen molar-refractivity contribution in [2.75, 3.05) is 17.7 Å². The number of carboxylic acids is 1. The highest BCUT2D eigenvalue weighted by atomic mass is 19.1. The van der Waals surface area contributed by atoms with Crippen LogP contribution in [0, 0.1) is 5.82 Å². The number of rotatable bonds is 11. The molecule has 2 heterocycles. The molecule has 5 aromatic rings. The number of carbonyl (C=O) groups excluding carboxylic acids is 1. The molecule has 0 fully saturated rings. The summed E-state index contributed by atoms with van der Waals surface area (Å²) in [6.07, 6.45) is 3.72. The largest absolute Gasteiger partial charge is 0.491 e. The number of nitrogens with one attached hydrogen (secondary N) is 1. The van der Waals surface area contributed by atoms with E-state index >= 15 is 4.39 Å². The average molecular weight is 583 g/mol. The van der Waals surface area contributed by atoms with Gasteiger partial charge in [0.15, 0.2) is 11.6 Å². The van der Waals surface area contributed by atoms with E-state index in [9.17, 15) is 14.7 Å². The Balaban J connectivity index is 1.75. The summed E-state index contributed by atoms with van der Waals surface area (Å²) in [5.74, 6) is -1.73. The fourth-order valence-electron chi connectivity index (χ4n) is 5.08. The summed E-state index contributed by atoms with van der Waals surface area (Å²) < 4.78 is 23.3. The molecule has 0 aliphatic heterocycles. The first-order valence-corrected chi connectivity index (χ1v) is 13.7. The van der Waals surface area contributed by atoms with Crippen molar-refractivity contribution < 1.29 is 23.8 Å². The van der Waals surface area contributed by atoms with Crippen molar-refractivity contribution in [3.05, 3.63) is 101 Å². The zero-order valence-electron chi connectivity index (χ0n) is 23.7. The zero-order chi connectivity index (χ0) is 30.7. The molecule has 0 saturated carbocycles. The summed E-state index contributed by atoms with van der Waals surface area (Å²) in [6.45, 7) is 3.50. The monoisotopic (exact) mass is 582 g/mol. The van der Waals surface area contributed by atoms with Gasteiger partial charge in [0, 0.05) is 40.2 Å². The van der Waals surface area contributed by atoms with Crippen molar-refractivity contribution in [1.29, 1.82) is 0 Å². The molecule has 10 nitrogen and oxygen atoms in total. The number of aliphatic carboxylic acids is 1. The fourth-order valence-corrected chi connectivity index (χ4v) is 5.08. The number of pyridine rings is 1. The van der Waals surface area contributed by atoms with E-state index in [0.29, 0.717) is 29.2 Å². The Morgan fingerprint density at radius 2 is 1.91 bits per heavy atom. The minimum atomic E-state index is -1.13. The maximum absolute atomic E-state index is 16.2. The number of carboxylic acid groups (broad SMARTS) is 1. The number of primary amides is 1. The van der Waals surface area contributed by atoms with Gasteiger partial charge in [-0.2, -0.15) is 0 Å². The molecule has 0 bridgehead atoms. The average Bonchev–Trinajstić information content (AvgIpc) is 3.39. The molecule has 5 rings (SSSR count). The van der Waals surface area contributed by atoms with Crippen LogP contribution in [0.4, 0.5) is 15.9 Å². The minimum absolute atomic E-state index is 0.0802. The van der Waals surface area contributed by atoms with Gasteiger partial charge in [-0.15, -0.1) is 0 Å². The van der Waals surface area contributed by atoms with Gasteiger partial charge in [-0.25, -0.2) is 14.4 Å². The number of anilines is 2. The third-order valence-electron chi connectivity index (χ3n) is 7.09. The standard InChI is InChI=1S/C32H31FN6O4/c1-3-18-13-24(28(33)26(14-18)43-4-2)29(37-20-9-10-21-19(15-20)11-12-36-30(21)34)32-38-25(16-39(32)17-27(40)41)22-7-5-6-8-23(22)31(35)42/h5-16,29,37H,3-4,17H2,1-2H3,(H2,34,36)(H2,35,42)(H,40,41). The molecular formula is C32H31FN6O4. The predicted octanol–water partition coefficient (Wildman–Crippen LogP) is 5.17. The number of halogens is 1. The number of aryl methyl sites for hydroxylation is 1. The number of nitrogens with two attached hydrogens (primary N) is 2. The van der Waals surface area contributed by atoms with E-state index in [-0.39, 0.29) is 29.3 Å². The van der Waals surface area contributed by atoms with E-state index in [1.165, 1.54) is 10.8 Å². The van der Waals surface area contributed by atoms with Gasteiger partial charge in [-0.3, -0.25) is 9.59 Å². The van der Waals surface area contributed by atoms with Gasteiger partial charge in [0.1, 0.15) is 24.2 Å². The summed E-state index contributed by atoms with van der Waals surface area (Å²) >= 11 is 0. The molecule has 1 amide bonds. The normalized spacial score (nSPS) is 11.8. The van der Waals surface area contributed by atoms with Gasteiger partial charge in [0.2, 0.25) is 5.91 Å². The molecule has 0 aliphatic rings. The van der Waals surface area contributed by atoms with Crippen LogP contribution in [0.3, 0.4) is 0 Å². The Morgan fingerprint density at radius 3 is 2.63 bits per heavy atom. The molecule has 1 atom stereocenters. The molecule has 3 aromatic carbocycles. The lowest BCUT2D eigenvalue weighted by Crippen LogP contribution is -2.21. The molecule has 2 aromatic heterocycles. The van der Waals surface area contributed by atoms with E-state index in [4.69, 9.17) is 21.2 Å². The second-order valence-electron chi connectivity index (χ2n) is 9.91. The predicted molar refractivity (Wildman–Crippen MR) is 162 cm³/mol. The molecule has 11 heteroatoms. The zero-order valence-corrected chi connectivity index (χ0v) is 23.7. The number of hydrogen-bond acceptors (Lipinski definition) is 7. The van der Waals surface area contributed by atoms with Crippen LogP contribution >= 0.6 is 0 Å². The Morgan fingerprint density at radius 1 is 1.12 bits per heavy atom. The van der Waals surface area contributed by atoms with Gasteiger partial charge in [-0.05, 0) is 60.7 Å². The number of nitrogens with zero attached hydrogens (tertiary/aromatic N) is 3. The van der Waals surface area contributed by atoms with Gasteiger partial charge in [0.05, 0.1) is 12.3 Å². The Kier molecular flexibility index (Phi) is 8.24. The summed E-state index contributed by atoms with van der Waals surface area (Å²) in [7, 11) is 0. The Hall–Kier alpha value is -5.45. The number of imidazole rings is 1. The van der Waals surface area contributed by atoms with Crippen molar-refractivity contribution in [3.63, 3.8) is 0 Å². The lowest BCUT2D eigenvalue weighted by Gasteiger charge is -2.23. The Bertz CT molecular complexity index is 1840. The highest BCUT2D eigenvalue weighted by molar-refractivity contribution is 5.99. The summed E-state index contributed by atoms with van der Waals surface area (Å²) in [6, 6.07) is 16.3. The summed E-state index contributed by atoms with van der Waals surface area (Å²) in [5, 5.41) is 14.7. The summed E-state index contributed by atoms with van der Waals surface area (Å²) in [4.78, 5) is 33.1. The number of fused-ring (bicyclic) bond motifs is 1. The number of hydrogen-bond donors (Lipinski definition) is 4. The second-order valence-corrected chi connectivity index (χ2v) is 9.91. The van der Waals surface area contributed by atoms with Gasteiger partial charge >= 0.3 is 5.97 Å². The first kappa shape index (κ1) is 29.1. The van der Waals surface area contributed by atoms with E-state index in [1.807, 2.05) is 19.1 Å². The molecule has 220 valence electrons. The number of benzene rings is 3. The van der Waals surface area contributed by atoms with Crippen molar-refractivity contribution in [1.82, 2.24) is 14.5 Å². The first-order chi connectivity index (χ1) is 20.7. The van der Waals surface area contributed by atoms with Crippen LogP contribution in [0.1, 0.15) is 47.2 Å². The van der Waals surface area contributed by atoms with Crippen LogP contribution < -0.4 is 21.5 Å². The van der Waals surface area contributed by atoms with Crippen LogP contribution in [0.15, 0.2) is 73.1 Å². The van der Waals surface area contributed by atoms with Crippen molar-refractivity contribution >= 4 is 34.2 Å². The van der Waals surface area contributed by atoms with E-state index in [0.717, 1.165) is 16.3 Å². The summed E-state index contributed by atoms with van der Waals surface area (Å²) in [5.41, 5.74) is 14.3. The van der Waals surface area contributed by atoms with Gasteiger partial charge in [0.25, 0.3) is 0 Å². The smallest absolute Gasteiger partial charge is 0.323 e. The van der Waals surface area contributed by atoms with E-state index in [2.05, 4.69) is 10.3 Å². The SMILES string of the molecule is CCOc1cc(CC)cc(C(Nc2ccc3c(N)nccc3c2)c2nc(-c3ccccc3C(N)=O)cn2CC(=O)O)c1F. The van der Waals surface area contributed by atoms with Gasteiger partial charge in [-0.1, -0.05) is 31.2 Å². The van der Waals surface area contributed by atoms with Crippen molar-refractivity contribution in [2.24, 2.45) is 5.73 Å². The number of nitrogen functional groups attached to an aromatic ring is 1. The third kappa shape index (κ3) is 5.96. The Labute approximate surface area is 247 Å². The first-order valence-electron chi connectivity index (χ1n) is 13.7. The maximum atomic E-state index is 16.2. The maximum Gasteiger partial charge on any atom is 0.323 e. The number of amides is 1. The van der Waals surface area contributed by atoms with Crippen molar-refractivity contribution in [2.45, 2.75) is 32.9 Å². The fraction of sp³-hybridized carbons (Fsp3) is 0.188. The molecule has 0 radical (unpaired) electrons. The van der Waals surface area contributed by atoms with Crippen LogP contribution in [0.2, 0.25) is 0 Å². The number of ether oxygens (including phenoxy) is 1. The molecule has 6 N–H and O–H groups in total. The minimum Gasteiger partial charge on any atom is -0.491 e. The molecule has 0 saturated heterocycles. The lowest BCUT2D eigenvalue weighted by atomic mass is 9.99. The number of carbonyl (C=O) groups is 2. The molecule has 1 unspecified atom stereocenters. The number of aromatic nitrogens is 3. The van der Waals surface area contributed by atoms with E-state index in [1.54, 1.807) is 61.7 Å². The molecule has 0 spiro atoms. The van der Waals surface area contributed by atoms with Crippen LogP contribution in [-0.2, 0) is 17.8 Å². The highest BCUT2D eigenvalue weighted by Crippen LogP contribution is 2.36. The van der Waals surface area contributed by atoms with Crippen LogP contribution in [0.5, 0.6) is 5.75 Å². The quantitative estimate of drug-likeness (QED) is 0.166. The third-order valence-corrected chi connectivity index (χ3v) is 7.09. The molecular weight excluding hydrogens is 551 g/mol. The molecule has 0 aliphatic carbocycles. The topological polar surface area (TPSA) is 158 Å². The van der Waals surface area contributed by atoms with Gasteiger partial charge < -0.3 is 31.2 Å². The van der Waals surface area contributed by atoms with Crippen LogP contribution in [0.25, 0.3) is 22.0 Å². The highest BCUT2D eigenvalue weighted by Gasteiger charge is 2.28. The second kappa shape index (κ2) is 12.2. The van der Waals surface area contributed by atoms with Crippen molar-refractivity contribution in [3.8, 4) is 17.0 Å². The molecule has 43 heavy (non-hydrogen) atoms. The van der Waals surface area contributed by atoms with Crippen LogP contribution in [-0.4, -0.2) is 38.1 Å². The lowest BCUT2D eigenvalue weighted by molar-refractivity contribution is -0.137.